The van der Waals surface area contributed by atoms with Crippen molar-refractivity contribution in [3.63, 3.8) is 0 Å². The lowest BCUT2D eigenvalue weighted by molar-refractivity contribution is -0.313. The van der Waals surface area contributed by atoms with E-state index in [0.717, 1.165) is 0 Å². The summed E-state index contributed by atoms with van der Waals surface area (Å²) in [5.74, 6) is -1.43. The molecule has 1 aromatic rings. The smallest absolute Gasteiger partial charge is 0.415 e. The second kappa shape index (κ2) is 4.77. The molecule has 0 N–H and O–H groups in total. The second-order valence-electron chi connectivity index (χ2n) is 5.44. The van der Waals surface area contributed by atoms with Crippen molar-refractivity contribution in [2.45, 2.75) is 31.3 Å². The molecule has 1 aromatic heterocycles. The number of carboxylic acids is 1. The zero-order chi connectivity index (χ0) is 14.2. The number of pyridine rings is 1. The maximum absolute atomic E-state index is 12.0. The molecule has 2 aliphatic rings. The van der Waals surface area contributed by atoms with Crippen molar-refractivity contribution in [2.24, 2.45) is 5.92 Å². The summed E-state index contributed by atoms with van der Waals surface area (Å²) in [6.07, 6.45) is 5.00. The van der Waals surface area contributed by atoms with Gasteiger partial charge < -0.3 is 14.6 Å². The van der Waals surface area contributed by atoms with Gasteiger partial charge in [0.2, 0.25) is 0 Å². The molecule has 2 fully saturated rings. The average molecular weight is 275 g/mol. The maximum atomic E-state index is 12.0. The predicted molar refractivity (Wildman–Crippen MR) is 67.8 cm³/mol. The Labute approximate surface area is 116 Å². The number of rotatable bonds is 2. The third-order valence-electron chi connectivity index (χ3n) is 4.16. The van der Waals surface area contributed by atoms with Gasteiger partial charge in [0.25, 0.3) is 0 Å². The van der Waals surface area contributed by atoms with Crippen molar-refractivity contribution in [3.8, 4) is 0 Å². The molecule has 0 atom stereocenters. The van der Waals surface area contributed by atoms with E-state index in [-0.39, 0.29) is 6.09 Å². The Bertz CT molecular complexity index is 523. The average Bonchev–Trinajstić information content (AvgIpc) is 2.77. The zero-order valence-corrected chi connectivity index (χ0v) is 10.9. The largest absolute Gasteiger partial charge is 0.550 e. The van der Waals surface area contributed by atoms with Crippen LogP contribution in [-0.2, 0) is 9.53 Å². The van der Waals surface area contributed by atoms with Gasteiger partial charge in [0.15, 0.2) is 0 Å². The zero-order valence-electron chi connectivity index (χ0n) is 10.9. The fraction of sp³-hybridized carbons (Fsp3) is 0.500. The van der Waals surface area contributed by atoms with Crippen LogP contribution in [0.1, 0.15) is 25.7 Å². The van der Waals surface area contributed by atoms with Crippen LogP contribution in [0.5, 0.6) is 0 Å². The maximum Gasteiger partial charge on any atom is 0.415 e. The van der Waals surface area contributed by atoms with Crippen LogP contribution in [0.25, 0.3) is 0 Å². The van der Waals surface area contributed by atoms with Gasteiger partial charge in [-0.25, -0.2) is 4.79 Å². The third kappa shape index (κ3) is 2.21. The van der Waals surface area contributed by atoms with Crippen molar-refractivity contribution < 1.29 is 19.4 Å². The number of carbonyl (C=O) groups is 2. The first-order chi connectivity index (χ1) is 9.60. The molecular formula is C14H15N2O4-. The van der Waals surface area contributed by atoms with Crippen LogP contribution in [-0.4, -0.2) is 29.2 Å². The quantitative estimate of drug-likeness (QED) is 0.794. The summed E-state index contributed by atoms with van der Waals surface area (Å²) >= 11 is 0. The van der Waals surface area contributed by atoms with E-state index in [2.05, 4.69) is 4.98 Å². The number of amides is 1. The first-order valence-electron chi connectivity index (χ1n) is 6.71. The molecule has 0 aromatic carbocycles. The van der Waals surface area contributed by atoms with E-state index in [9.17, 15) is 14.7 Å². The highest BCUT2D eigenvalue weighted by molar-refractivity contribution is 5.90. The number of carbonyl (C=O) groups excluding carboxylic acids is 2. The van der Waals surface area contributed by atoms with E-state index in [1.165, 1.54) is 0 Å². The number of hydrogen-bond donors (Lipinski definition) is 0. The van der Waals surface area contributed by atoms with Crippen molar-refractivity contribution >= 4 is 17.7 Å². The lowest BCUT2D eigenvalue weighted by atomic mass is 9.79. The topological polar surface area (TPSA) is 82.6 Å². The summed E-state index contributed by atoms with van der Waals surface area (Å²) in [5.41, 5.74) is 0.148. The molecule has 6 nitrogen and oxygen atoms in total. The number of nitrogens with zero attached hydrogens (tertiary/aromatic N) is 2. The Hall–Kier alpha value is -2.11. The molecule has 1 saturated carbocycles. The number of carboxylic acid groups (broad SMARTS) is 1. The van der Waals surface area contributed by atoms with Gasteiger partial charge in [0, 0.05) is 12.2 Å². The highest BCUT2D eigenvalue weighted by Gasteiger charge is 2.47. The SMILES string of the molecule is O=C([O-])C1CCC2(CC1)CN(c1cccnc1)C(=O)O2. The lowest BCUT2D eigenvalue weighted by Gasteiger charge is -2.35. The summed E-state index contributed by atoms with van der Waals surface area (Å²) in [5, 5.41) is 10.9. The molecule has 6 heteroatoms. The number of aliphatic carboxylic acids is 1. The van der Waals surface area contributed by atoms with Gasteiger partial charge in [0.1, 0.15) is 5.60 Å². The predicted octanol–water partition coefficient (Wildman–Crippen LogP) is 0.717. The van der Waals surface area contributed by atoms with Crippen molar-refractivity contribution in [2.75, 3.05) is 11.4 Å². The van der Waals surface area contributed by atoms with Gasteiger partial charge in [-0.15, -0.1) is 0 Å². The minimum atomic E-state index is -1.01. The van der Waals surface area contributed by atoms with Gasteiger partial charge in [-0.3, -0.25) is 9.88 Å². The van der Waals surface area contributed by atoms with Gasteiger partial charge in [0.05, 0.1) is 18.4 Å². The first kappa shape index (κ1) is 12.9. The molecule has 106 valence electrons. The molecule has 2 heterocycles. The lowest BCUT2D eigenvalue weighted by Crippen LogP contribution is -2.42. The Balaban J connectivity index is 1.73. The molecule has 3 rings (SSSR count). The van der Waals surface area contributed by atoms with E-state index in [1.807, 2.05) is 0 Å². The number of hydrogen-bond acceptors (Lipinski definition) is 5. The Morgan fingerprint density at radius 3 is 2.80 bits per heavy atom. The summed E-state index contributed by atoms with van der Waals surface area (Å²) < 4.78 is 5.53. The van der Waals surface area contributed by atoms with Crippen LogP contribution in [0, 0.1) is 5.92 Å². The van der Waals surface area contributed by atoms with Crippen LogP contribution in [0.3, 0.4) is 0 Å². The number of aromatic nitrogens is 1. The van der Waals surface area contributed by atoms with E-state index >= 15 is 0 Å². The second-order valence-corrected chi connectivity index (χ2v) is 5.44. The summed E-state index contributed by atoms with van der Waals surface area (Å²) in [7, 11) is 0. The molecule has 0 radical (unpaired) electrons. The number of ether oxygens (including phenoxy) is 1. The summed E-state index contributed by atoms with van der Waals surface area (Å²) in [4.78, 5) is 28.4. The van der Waals surface area contributed by atoms with Gasteiger partial charge >= 0.3 is 6.09 Å². The fourth-order valence-electron chi connectivity index (χ4n) is 2.98. The normalized spacial score (nSPS) is 29.5. The standard InChI is InChI=1S/C14H16N2O4/c17-12(18)10-3-5-14(6-4-10)9-16(13(19)20-14)11-2-1-7-15-8-11/h1-2,7-8,10H,3-6,9H2,(H,17,18)/p-1. The molecule has 1 spiro atoms. The molecule has 1 aliphatic heterocycles. The minimum absolute atomic E-state index is 0.384. The first-order valence-corrected chi connectivity index (χ1v) is 6.71. The number of anilines is 1. The molecule has 1 aliphatic carbocycles. The van der Waals surface area contributed by atoms with Crippen LogP contribution >= 0.6 is 0 Å². The monoisotopic (exact) mass is 275 g/mol. The molecular weight excluding hydrogens is 260 g/mol. The molecule has 1 saturated heterocycles. The van der Waals surface area contributed by atoms with Crippen molar-refractivity contribution in [3.05, 3.63) is 24.5 Å². The van der Waals surface area contributed by atoms with E-state index in [4.69, 9.17) is 4.74 Å². The van der Waals surface area contributed by atoms with Crippen LogP contribution in [0.2, 0.25) is 0 Å². The van der Waals surface area contributed by atoms with Crippen molar-refractivity contribution in [1.29, 1.82) is 0 Å². The molecule has 20 heavy (non-hydrogen) atoms. The van der Waals surface area contributed by atoms with Gasteiger partial charge in [-0.1, -0.05) is 0 Å². The Kier molecular flexibility index (Phi) is 3.08. The van der Waals surface area contributed by atoms with Crippen LogP contribution in [0.15, 0.2) is 24.5 Å². The third-order valence-corrected chi connectivity index (χ3v) is 4.16. The summed E-state index contributed by atoms with van der Waals surface area (Å²) in [6.45, 7) is 0.456. The van der Waals surface area contributed by atoms with Crippen LogP contribution < -0.4 is 10.0 Å². The van der Waals surface area contributed by atoms with E-state index < -0.39 is 17.5 Å². The molecule has 0 bridgehead atoms. The highest BCUT2D eigenvalue weighted by Crippen LogP contribution is 2.40. The Morgan fingerprint density at radius 1 is 1.45 bits per heavy atom. The fourth-order valence-corrected chi connectivity index (χ4v) is 2.98. The van der Waals surface area contributed by atoms with Crippen molar-refractivity contribution in [1.82, 2.24) is 4.98 Å². The molecule has 0 unspecified atom stereocenters. The van der Waals surface area contributed by atoms with E-state index in [1.54, 1.807) is 29.4 Å². The van der Waals surface area contributed by atoms with Gasteiger partial charge in [-0.05, 0) is 43.7 Å². The molecule has 1 amide bonds. The Morgan fingerprint density at radius 2 is 2.20 bits per heavy atom. The minimum Gasteiger partial charge on any atom is -0.550 e. The van der Waals surface area contributed by atoms with E-state index in [0.29, 0.717) is 37.9 Å². The highest BCUT2D eigenvalue weighted by atomic mass is 16.6. The summed E-state index contributed by atoms with van der Waals surface area (Å²) in [6, 6.07) is 3.57. The van der Waals surface area contributed by atoms with Gasteiger partial charge in [-0.2, -0.15) is 0 Å². The van der Waals surface area contributed by atoms with Crippen LogP contribution in [0.4, 0.5) is 10.5 Å².